The quantitative estimate of drug-likeness (QED) is 0.677. The van der Waals surface area contributed by atoms with Gasteiger partial charge >= 0.3 is 0 Å². The van der Waals surface area contributed by atoms with Crippen LogP contribution < -0.4 is 10.9 Å². The molecule has 4 heteroatoms. The summed E-state index contributed by atoms with van der Waals surface area (Å²) in [6, 6.07) is 0. The lowest BCUT2D eigenvalue weighted by Crippen LogP contribution is -2.58. The van der Waals surface area contributed by atoms with Crippen molar-refractivity contribution in [3.63, 3.8) is 0 Å². The fourth-order valence-corrected chi connectivity index (χ4v) is 2.57. The van der Waals surface area contributed by atoms with Gasteiger partial charge in [-0.1, -0.05) is 19.3 Å². The smallest absolute Gasteiger partial charge is 0.266 e. The summed E-state index contributed by atoms with van der Waals surface area (Å²) in [5.41, 5.74) is 5.33. The van der Waals surface area contributed by atoms with Crippen molar-refractivity contribution in [3.05, 3.63) is 0 Å². The highest BCUT2D eigenvalue weighted by atomic mass is 16.2. The van der Waals surface area contributed by atoms with Crippen molar-refractivity contribution < 1.29 is 4.79 Å². The topological polar surface area (TPSA) is 53.5 Å². The lowest BCUT2D eigenvalue weighted by Gasteiger charge is -2.36. The number of aliphatic imine (C=N–C) groups is 1. The molecule has 0 aromatic heterocycles. The molecule has 3 rings (SSSR count). The highest BCUT2D eigenvalue weighted by molar-refractivity contribution is 5.98. The molecule has 3 aliphatic rings. The van der Waals surface area contributed by atoms with Gasteiger partial charge in [-0.15, -0.1) is 0 Å². The molecule has 1 spiro atoms. The zero-order valence-corrected chi connectivity index (χ0v) is 8.88. The van der Waals surface area contributed by atoms with Gasteiger partial charge in [0.2, 0.25) is 0 Å². The van der Waals surface area contributed by atoms with E-state index in [2.05, 4.69) is 10.9 Å². The Labute approximate surface area is 89.5 Å². The fourth-order valence-electron chi connectivity index (χ4n) is 2.57. The van der Waals surface area contributed by atoms with Crippen LogP contribution in [0.4, 0.5) is 0 Å². The minimum atomic E-state index is -0.415. The number of hydrogen-bond acceptors (Lipinski definition) is 3. The Morgan fingerprint density at radius 2 is 1.87 bits per heavy atom. The summed E-state index contributed by atoms with van der Waals surface area (Å²) >= 11 is 0. The van der Waals surface area contributed by atoms with E-state index in [9.17, 15) is 4.79 Å². The Balaban J connectivity index is 1.88. The zero-order valence-electron chi connectivity index (χ0n) is 8.88. The van der Waals surface area contributed by atoms with E-state index in [4.69, 9.17) is 4.99 Å². The summed E-state index contributed by atoms with van der Waals surface area (Å²) in [4.78, 5) is 16.6. The summed E-state index contributed by atoms with van der Waals surface area (Å²) in [6.07, 6.45) is 7.81. The molecule has 0 bridgehead atoms. The second kappa shape index (κ2) is 3.22. The zero-order chi connectivity index (χ0) is 10.3. The largest absolute Gasteiger partial charge is 0.285 e. The van der Waals surface area contributed by atoms with Gasteiger partial charge in [0.25, 0.3) is 5.91 Å². The molecule has 1 aliphatic heterocycles. The van der Waals surface area contributed by atoms with E-state index in [1.165, 1.54) is 19.3 Å². The van der Waals surface area contributed by atoms with Gasteiger partial charge < -0.3 is 0 Å². The molecule has 0 unspecified atom stereocenters. The number of hydrogen-bond donors (Lipinski definition) is 2. The van der Waals surface area contributed by atoms with Crippen LogP contribution in [-0.2, 0) is 4.79 Å². The van der Waals surface area contributed by atoms with E-state index in [0.717, 1.165) is 31.5 Å². The van der Waals surface area contributed by atoms with Crippen LogP contribution in [-0.4, -0.2) is 17.3 Å². The summed E-state index contributed by atoms with van der Waals surface area (Å²) < 4.78 is 0. The summed E-state index contributed by atoms with van der Waals surface area (Å²) in [7, 11) is 0. The SMILES string of the molecule is O=C1NNC(C2CC2)=NC12CCCCC2. The van der Waals surface area contributed by atoms with Crippen molar-refractivity contribution in [1.29, 1.82) is 0 Å². The van der Waals surface area contributed by atoms with Crippen molar-refractivity contribution in [2.24, 2.45) is 10.9 Å². The average molecular weight is 207 g/mol. The van der Waals surface area contributed by atoms with Crippen molar-refractivity contribution in [2.45, 2.75) is 50.5 Å². The van der Waals surface area contributed by atoms with Gasteiger partial charge in [-0.25, -0.2) is 0 Å². The maximum atomic E-state index is 11.9. The summed E-state index contributed by atoms with van der Waals surface area (Å²) in [6.45, 7) is 0. The molecule has 0 saturated heterocycles. The summed E-state index contributed by atoms with van der Waals surface area (Å²) in [5.74, 6) is 1.69. The lowest BCUT2D eigenvalue weighted by atomic mass is 9.81. The number of nitrogens with zero attached hydrogens (tertiary/aromatic N) is 1. The third kappa shape index (κ3) is 1.52. The third-order valence-corrected chi connectivity index (χ3v) is 3.71. The maximum absolute atomic E-state index is 11.9. The second-order valence-corrected chi connectivity index (χ2v) is 4.94. The minimum Gasteiger partial charge on any atom is -0.285 e. The van der Waals surface area contributed by atoms with Crippen molar-refractivity contribution in [2.75, 3.05) is 0 Å². The molecular formula is C11H17N3O. The van der Waals surface area contributed by atoms with Crippen LogP contribution in [0, 0.1) is 5.92 Å². The van der Waals surface area contributed by atoms with Crippen LogP contribution >= 0.6 is 0 Å². The van der Waals surface area contributed by atoms with Crippen LogP contribution in [0.3, 0.4) is 0 Å². The normalized spacial score (nSPS) is 29.3. The number of amides is 1. The van der Waals surface area contributed by atoms with E-state index in [0.29, 0.717) is 5.92 Å². The Kier molecular flexibility index (Phi) is 1.97. The number of carbonyl (C=O) groups excluding carboxylic acids is 1. The predicted molar refractivity (Wildman–Crippen MR) is 57.3 cm³/mol. The molecule has 0 atom stereocenters. The lowest BCUT2D eigenvalue weighted by molar-refractivity contribution is -0.128. The van der Waals surface area contributed by atoms with E-state index >= 15 is 0 Å². The number of nitrogens with one attached hydrogen (secondary N) is 2. The van der Waals surface area contributed by atoms with Gasteiger partial charge in [0.05, 0.1) is 0 Å². The average Bonchev–Trinajstić information content (AvgIpc) is 3.08. The van der Waals surface area contributed by atoms with Crippen LogP contribution in [0.15, 0.2) is 4.99 Å². The van der Waals surface area contributed by atoms with Gasteiger partial charge in [-0.2, -0.15) is 0 Å². The van der Waals surface area contributed by atoms with Crippen molar-refractivity contribution in [1.82, 2.24) is 10.9 Å². The fraction of sp³-hybridized carbons (Fsp3) is 0.818. The molecule has 2 N–H and O–H groups in total. The first-order valence-electron chi connectivity index (χ1n) is 5.96. The van der Waals surface area contributed by atoms with E-state index in [1.807, 2.05) is 0 Å². The number of rotatable bonds is 1. The third-order valence-electron chi connectivity index (χ3n) is 3.71. The highest BCUT2D eigenvalue weighted by Crippen LogP contribution is 2.37. The van der Waals surface area contributed by atoms with E-state index in [1.54, 1.807) is 0 Å². The van der Waals surface area contributed by atoms with Crippen LogP contribution in [0.1, 0.15) is 44.9 Å². The molecule has 4 nitrogen and oxygen atoms in total. The molecule has 2 saturated carbocycles. The van der Waals surface area contributed by atoms with Gasteiger partial charge in [0.1, 0.15) is 11.4 Å². The Morgan fingerprint density at radius 1 is 1.13 bits per heavy atom. The Morgan fingerprint density at radius 3 is 2.53 bits per heavy atom. The Bertz CT molecular complexity index is 314. The first-order chi connectivity index (χ1) is 7.30. The molecule has 0 aromatic rings. The highest BCUT2D eigenvalue weighted by Gasteiger charge is 2.44. The maximum Gasteiger partial charge on any atom is 0.266 e. The number of amidine groups is 1. The Hall–Kier alpha value is -1.06. The molecule has 2 fully saturated rings. The number of carbonyl (C=O) groups is 1. The predicted octanol–water partition coefficient (Wildman–Crippen LogP) is 1.13. The molecule has 82 valence electrons. The molecule has 1 amide bonds. The first-order valence-corrected chi connectivity index (χ1v) is 5.96. The van der Waals surface area contributed by atoms with E-state index < -0.39 is 5.54 Å². The minimum absolute atomic E-state index is 0.0756. The van der Waals surface area contributed by atoms with Crippen LogP contribution in [0.5, 0.6) is 0 Å². The van der Waals surface area contributed by atoms with Gasteiger partial charge in [-0.05, 0) is 25.7 Å². The standard InChI is InChI=1S/C11H17N3O/c15-10-11(6-2-1-3-7-11)12-9(13-14-10)8-4-5-8/h8H,1-7H2,(H,12,13)(H,14,15). The van der Waals surface area contributed by atoms with Crippen molar-refractivity contribution in [3.8, 4) is 0 Å². The molecular weight excluding hydrogens is 190 g/mol. The first kappa shape index (κ1) is 9.19. The molecule has 0 radical (unpaired) electrons. The second-order valence-electron chi connectivity index (χ2n) is 4.94. The van der Waals surface area contributed by atoms with Gasteiger partial charge in [0.15, 0.2) is 0 Å². The van der Waals surface area contributed by atoms with Gasteiger partial charge in [-0.3, -0.25) is 20.6 Å². The van der Waals surface area contributed by atoms with Crippen LogP contribution in [0.25, 0.3) is 0 Å². The van der Waals surface area contributed by atoms with Crippen LogP contribution in [0.2, 0.25) is 0 Å². The molecule has 2 aliphatic carbocycles. The monoisotopic (exact) mass is 207 g/mol. The molecule has 1 heterocycles. The molecule has 15 heavy (non-hydrogen) atoms. The van der Waals surface area contributed by atoms with E-state index in [-0.39, 0.29) is 5.91 Å². The number of hydrazine groups is 1. The molecule has 0 aromatic carbocycles. The van der Waals surface area contributed by atoms with Crippen molar-refractivity contribution >= 4 is 11.7 Å². The summed E-state index contributed by atoms with van der Waals surface area (Å²) in [5, 5.41) is 0. The van der Waals surface area contributed by atoms with Gasteiger partial charge in [0, 0.05) is 5.92 Å².